The maximum Gasteiger partial charge on any atom is 0.327 e. The second-order valence-electron chi connectivity index (χ2n) is 7.94. The van der Waals surface area contributed by atoms with Crippen LogP contribution in [0, 0.1) is 11.6 Å². The van der Waals surface area contributed by atoms with Gasteiger partial charge in [0.25, 0.3) is 5.88 Å². The lowest BCUT2D eigenvalue weighted by molar-refractivity contribution is 0.296. The fourth-order valence-corrected chi connectivity index (χ4v) is 4.82. The molecule has 0 unspecified atom stereocenters. The monoisotopic (exact) mass is 503 g/mol. The quantitative estimate of drug-likeness (QED) is 0.393. The predicted molar refractivity (Wildman–Crippen MR) is 128 cm³/mol. The number of pyridine rings is 1. The summed E-state index contributed by atoms with van der Waals surface area (Å²) in [5.41, 5.74) is 0.784. The SMILES string of the molecule is CCOc1nc([C@@H](CS(C)(=O)=O)n2c(=O)[nH]c3cc(-c4cc(F)ccc4F)ccc32)ccc1OC. The summed E-state index contributed by atoms with van der Waals surface area (Å²) in [6.07, 6.45) is 1.07. The fraction of sp³-hybridized carbons (Fsp3) is 0.250. The molecule has 2 aromatic carbocycles. The lowest BCUT2D eigenvalue weighted by Gasteiger charge is -2.19. The number of ether oxygens (including phenoxy) is 2. The molecule has 11 heteroatoms. The normalized spacial score (nSPS) is 12.6. The van der Waals surface area contributed by atoms with Gasteiger partial charge in [-0.15, -0.1) is 0 Å². The molecule has 0 amide bonds. The number of hydrogen-bond acceptors (Lipinski definition) is 6. The van der Waals surface area contributed by atoms with Gasteiger partial charge in [-0.25, -0.2) is 27.0 Å². The third-order valence-electron chi connectivity index (χ3n) is 5.42. The van der Waals surface area contributed by atoms with Crippen molar-refractivity contribution < 1.29 is 26.7 Å². The van der Waals surface area contributed by atoms with Crippen molar-refractivity contribution in [2.75, 3.05) is 25.7 Å². The fourth-order valence-electron chi connectivity index (χ4n) is 3.93. The number of H-pyrrole nitrogens is 1. The molecule has 1 N–H and O–H groups in total. The molecule has 2 aromatic heterocycles. The summed E-state index contributed by atoms with van der Waals surface area (Å²) in [5, 5.41) is 0. The van der Waals surface area contributed by atoms with Gasteiger partial charge in [0.2, 0.25) is 0 Å². The smallest absolute Gasteiger partial charge is 0.327 e. The highest BCUT2D eigenvalue weighted by atomic mass is 32.2. The molecule has 0 aliphatic carbocycles. The number of halogens is 2. The van der Waals surface area contributed by atoms with Crippen molar-refractivity contribution in [2.45, 2.75) is 13.0 Å². The molecule has 0 saturated heterocycles. The highest BCUT2D eigenvalue weighted by Gasteiger charge is 2.26. The van der Waals surface area contributed by atoms with Gasteiger partial charge in [-0.1, -0.05) is 6.07 Å². The number of sulfone groups is 1. The summed E-state index contributed by atoms with van der Waals surface area (Å²) in [6.45, 7) is 2.07. The minimum Gasteiger partial charge on any atom is -0.491 e. The Labute approximate surface area is 200 Å². The molecule has 0 saturated carbocycles. The molecule has 4 aromatic rings. The Hall–Kier alpha value is -3.73. The number of benzene rings is 2. The molecule has 0 aliphatic heterocycles. The number of imidazole rings is 1. The highest BCUT2D eigenvalue weighted by molar-refractivity contribution is 7.90. The molecule has 0 bridgehead atoms. The van der Waals surface area contributed by atoms with E-state index in [1.807, 2.05) is 0 Å². The van der Waals surface area contributed by atoms with Gasteiger partial charge in [-0.05, 0) is 55.0 Å². The van der Waals surface area contributed by atoms with Crippen LogP contribution in [-0.4, -0.2) is 48.7 Å². The predicted octanol–water partition coefficient (Wildman–Crippen LogP) is 3.71. The van der Waals surface area contributed by atoms with Crippen molar-refractivity contribution in [1.29, 1.82) is 0 Å². The number of nitrogens with zero attached hydrogens (tertiary/aromatic N) is 2. The van der Waals surface area contributed by atoms with Crippen LogP contribution in [0.2, 0.25) is 0 Å². The molecule has 184 valence electrons. The topological polar surface area (TPSA) is 103 Å². The van der Waals surface area contributed by atoms with E-state index in [1.165, 1.54) is 23.8 Å². The first kappa shape index (κ1) is 24.4. The highest BCUT2D eigenvalue weighted by Crippen LogP contribution is 2.31. The first-order valence-electron chi connectivity index (χ1n) is 10.7. The number of nitrogens with one attached hydrogen (secondary N) is 1. The van der Waals surface area contributed by atoms with E-state index < -0.39 is 39.0 Å². The van der Waals surface area contributed by atoms with E-state index in [4.69, 9.17) is 9.47 Å². The lowest BCUT2D eigenvalue weighted by atomic mass is 10.0. The Kier molecular flexibility index (Phi) is 6.62. The van der Waals surface area contributed by atoms with Crippen LogP contribution in [0.1, 0.15) is 18.7 Å². The Balaban J connectivity index is 1.89. The van der Waals surface area contributed by atoms with Crippen molar-refractivity contribution in [3.63, 3.8) is 0 Å². The number of aromatic amines is 1. The third kappa shape index (κ3) is 5.04. The van der Waals surface area contributed by atoms with Crippen molar-refractivity contribution in [3.8, 4) is 22.8 Å². The minimum absolute atomic E-state index is 0.0337. The average Bonchev–Trinajstić information content (AvgIpc) is 3.13. The Morgan fingerprint density at radius 1 is 1.11 bits per heavy atom. The largest absolute Gasteiger partial charge is 0.491 e. The zero-order valence-corrected chi connectivity index (χ0v) is 20.0. The lowest BCUT2D eigenvalue weighted by Crippen LogP contribution is -2.29. The maximum absolute atomic E-state index is 14.3. The minimum atomic E-state index is -3.56. The summed E-state index contributed by atoms with van der Waals surface area (Å²) < 4.78 is 64.7. The maximum atomic E-state index is 14.3. The van der Waals surface area contributed by atoms with E-state index in [2.05, 4.69) is 9.97 Å². The van der Waals surface area contributed by atoms with Crippen LogP contribution < -0.4 is 15.2 Å². The van der Waals surface area contributed by atoms with E-state index in [1.54, 1.807) is 25.1 Å². The zero-order chi connectivity index (χ0) is 25.3. The second kappa shape index (κ2) is 9.49. The summed E-state index contributed by atoms with van der Waals surface area (Å²) in [6, 6.07) is 9.87. The van der Waals surface area contributed by atoms with E-state index >= 15 is 0 Å². The van der Waals surface area contributed by atoms with Crippen LogP contribution >= 0.6 is 0 Å². The summed E-state index contributed by atoms with van der Waals surface area (Å²) >= 11 is 0. The van der Waals surface area contributed by atoms with E-state index in [0.29, 0.717) is 29.0 Å². The van der Waals surface area contributed by atoms with Gasteiger partial charge in [0.15, 0.2) is 5.75 Å². The standard InChI is InChI=1S/C24H23F2N3O5S/c1-4-34-23-22(33-2)10-8-18(27-23)21(13-35(3,31)32)29-20-9-5-14(11-19(20)28-24(29)30)16-12-15(25)6-7-17(16)26/h5-12,21H,4,13H2,1-3H3,(H,28,30)/t21-/m1/s1. The van der Waals surface area contributed by atoms with Gasteiger partial charge in [0, 0.05) is 11.8 Å². The van der Waals surface area contributed by atoms with Crippen molar-refractivity contribution >= 4 is 20.9 Å². The van der Waals surface area contributed by atoms with Crippen LogP contribution in [0.25, 0.3) is 22.2 Å². The molecular formula is C24H23F2N3O5S. The van der Waals surface area contributed by atoms with Gasteiger partial charge in [-0.2, -0.15) is 0 Å². The number of methoxy groups -OCH3 is 1. The Morgan fingerprint density at radius 3 is 2.57 bits per heavy atom. The van der Waals surface area contributed by atoms with Gasteiger partial charge in [-0.3, -0.25) is 4.57 Å². The molecule has 0 fully saturated rings. The van der Waals surface area contributed by atoms with Crippen LogP contribution in [0.4, 0.5) is 8.78 Å². The van der Waals surface area contributed by atoms with Gasteiger partial charge in [0.05, 0.1) is 42.2 Å². The number of hydrogen-bond donors (Lipinski definition) is 1. The van der Waals surface area contributed by atoms with E-state index in [9.17, 15) is 22.0 Å². The summed E-state index contributed by atoms with van der Waals surface area (Å²) in [4.78, 5) is 20.2. The molecule has 0 aliphatic rings. The molecule has 35 heavy (non-hydrogen) atoms. The third-order valence-corrected chi connectivity index (χ3v) is 6.34. The molecule has 1 atom stereocenters. The van der Waals surface area contributed by atoms with Crippen LogP contribution in [0.15, 0.2) is 53.3 Å². The van der Waals surface area contributed by atoms with E-state index in [0.717, 1.165) is 24.5 Å². The van der Waals surface area contributed by atoms with Crippen LogP contribution in [0.3, 0.4) is 0 Å². The van der Waals surface area contributed by atoms with Gasteiger partial charge in [0.1, 0.15) is 21.5 Å². The average molecular weight is 504 g/mol. The first-order chi connectivity index (χ1) is 16.6. The molecule has 4 rings (SSSR count). The molecular weight excluding hydrogens is 480 g/mol. The van der Waals surface area contributed by atoms with Crippen LogP contribution in [0.5, 0.6) is 11.6 Å². The number of fused-ring (bicyclic) bond motifs is 1. The molecule has 2 heterocycles. The van der Waals surface area contributed by atoms with Crippen molar-refractivity contribution in [2.24, 2.45) is 0 Å². The Bertz CT molecular complexity index is 1560. The van der Waals surface area contributed by atoms with Gasteiger partial charge < -0.3 is 14.5 Å². The second-order valence-corrected chi connectivity index (χ2v) is 10.1. The van der Waals surface area contributed by atoms with Crippen LogP contribution in [-0.2, 0) is 9.84 Å². The molecule has 0 radical (unpaired) electrons. The zero-order valence-electron chi connectivity index (χ0n) is 19.2. The van der Waals surface area contributed by atoms with E-state index in [-0.39, 0.29) is 17.1 Å². The number of aromatic nitrogens is 3. The van der Waals surface area contributed by atoms with Gasteiger partial charge >= 0.3 is 5.69 Å². The van der Waals surface area contributed by atoms with Crippen molar-refractivity contribution in [3.05, 3.63) is 76.3 Å². The summed E-state index contributed by atoms with van der Waals surface area (Å²) in [5.74, 6) is -1.10. The molecule has 8 nitrogen and oxygen atoms in total. The first-order valence-corrected chi connectivity index (χ1v) is 12.7. The number of rotatable bonds is 8. The van der Waals surface area contributed by atoms with Crippen molar-refractivity contribution in [1.82, 2.24) is 14.5 Å². The molecule has 0 spiro atoms. The Morgan fingerprint density at radius 2 is 1.89 bits per heavy atom. The summed E-state index contributed by atoms with van der Waals surface area (Å²) in [7, 11) is -2.11.